The zero-order chi connectivity index (χ0) is 18.6. The van der Waals surface area contributed by atoms with Gasteiger partial charge in [0.1, 0.15) is 0 Å². The maximum Gasteiger partial charge on any atom is 0.253 e. The van der Waals surface area contributed by atoms with E-state index in [1.807, 2.05) is 31.2 Å². The predicted octanol–water partition coefficient (Wildman–Crippen LogP) is 3.27. The van der Waals surface area contributed by atoms with Crippen molar-refractivity contribution in [3.05, 3.63) is 64.2 Å². The highest BCUT2D eigenvalue weighted by Crippen LogP contribution is 2.21. The Balaban J connectivity index is 2.20. The summed E-state index contributed by atoms with van der Waals surface area (Å²) >= 11 is 6.08. The molecule has 0 radical (unpaired) electrons. The number of amides is 1. The van der Waals surface area contributed by atoms with Crippen molar-refractivity contribution >= 4 is 27.5 Å². The molecule has 5 nitrogen and oxygen atoms in total. The van der Waals surface area contributed by atoms with Crippen LogP contribution in [-0.2, 0) is 16.6 Å². The van der Waals surface area contributed by atoms with Gasteiger partial charge < -0.3 is 5.32 Å². The van der Waals surface area contributed by atoms with Crippen molar-refractivity contribution in [2.45, 2.75) is 38.3 Å². The van der Waals surface area contributed by atoms with Gasteiger partial charge in [-0.2, -0.15) is 0 Å². The first-order valence-electron chi connectivity index (χ1n) is 7.84. The summed E-state index contributed by atoms with van der Waals surface area (Å²) < 4.78 is 27.0. The summed E-state index contributed by atoms with van der Waals surface area (Å²) in [5.41, 5.74) is 2.17. The van der Waals surface area contributed by atoms with E-state index in [1.165, 1.54) is 18.2 Å². The molecule has 0 aliphatic rings. The minimum absolute atomic E-state index is 0.00584. The number of benzene rings is 2. The van der Waals surface area contributed by atoms with Crippen molar-refractivity contribution in [3.8, 4) is 0 Å². The highest BCUT2D eigenvalue weighted by Gasteiger charge is 2.19. The second-order valence-electron chi connectivity index (χ2n) is 6.09. The van der Waals surface area contributed by atoms with Crippen LogP contribution in [0.5, 0.6) is 0 Å². The minimum atomic E-state index is -3.69. The van der Waals surface area contributed by atoms with Crippen LogP contribution in [0.3, 0.4) is 0 Å². The summed E-state index contributed by atoms with van der Waals surface area (Å²) in [7, 11) is -3.69. The molecule has 2 aromatic rings. The van der Waals surface area contributed by atoms with Crippen LogP contribution in [0.15, 0.2) is 47.4 Å². The van der Waals surface area contributed by atoms with Gasteiger partial charge in [0.2, 0.25) is 10.0 Å². The molecule has 0 heterocycles. The predicted molar refractivity (Wildman–Crippen MR) is 99.3 cm³/mol. The second-order valence-corrected chi connectivity index (χ2v) is 8.21. The molecule has 0 unspecified atom stereocenters. The highest BCUT2D eigenvalue weighted by molar-refractivity contribution is 7.89. The third-order valence-corrected chi connectivity index (χ3v) is 5.40. The quantitative estimate of drug-likeness (QED) is 0.807. The minimum Gasteiger partial charge on any atom is -0.348 e. The number of hydrogen-bond donors (Lipinski definition) is 2. The number of halogens is 1. The Labute approximate surface area is 153 Å². The average molecular weight is 381 g/mol. The van der Waals surface area contributed by atoms with Gasteiger partial charge in [-0.05, 0) is 44.5 Å². The summed E-state index contributed by atoms with van der Waals surface area (Å²) in [6, 6.07) is 11.6. The Hall–Kier alpha value is -1.89. The molecule has 0 atom stereocenters. The summed E-state index contributed by atoms with van der Waals surface area (Å²) in [6.07, 6.45) is 0. The Morgan fingerprint density at radius 3 is 2.52 bits per heavy atom. The van der Waals surface area contributed by atoms with Crippen molar-refractivity contribution < 1.29 is 13.2 Å². The second kappa shape index (κ2) is 7.99. The van der Waals surface area contributed by atoms with Gasteiger partial charge in [0.05, 0.1) is 15.5 Å². The lowest BCUT2D eigenvalue weighted by Crippen LogP contribution is -2.30. The fraction of sp³-hybridized carbons (Fsp3) is 0.278. The fourth-order valence-corrected chi connectivity index (χ4v) is 3.80. The van der Waals surface area contributed by atoms with Gasteiger partial charge in [-0.3, -0.25) is 4.79 Å². The van der Waals surface area contributed by atoms with Crippen molar-refractivity contribution in [2.75, 3.05) is 0 Å². The van der Waals surface area contributed by atoms with Crippen LogP contribution in [0.2, 0.25) is 5.02 Å². The van der Waals surface area contributed by atoms with Gasteiger partial charge in [-0.1, -0.05) is 41.4 Å². The number of hydrogen-bond acceptors (Lipinski definition) is 3. The lowest BCUT2D eigenvalue weighted by atomic mass is 10.1. The summed E-state index contributed by atoms with van der Waals surface area (Å²) in [6.45, 7) is 5.75. The van der Waals surface area contributed by atoms with Crippen LogP contribution in [0.4, 0.5) is 0 Å². The molecular weight excluding hydrogens is 360 g/mol. The highest BCUT2D eigenvalue weighted by atomic mass is 35.5. The van der Waals surface area contributed by atoms with Gasteiger partial charge in [0.15, 0.2) is 0 Å². The van der Waals surface area contributed by atoms with Gasteiger partial charge in [-0.25, -0.2) is 13.1 Å². The molecule has 0 aliphatic heterocycles. The topological polar surface area (TPSA) is 75.3 Å². The molecule has 0 saturated carbocycles. The summed E-state index contributed by atoms with van der Waals surface area (Å²) in [5.74, 6) is -0.423. The number of carbonyl (C=O) groups excluding carboxylic acids is 1. The Kier molecular flexibility index (Phi) is 6.21. The molecule has 2 rings (SSSR count). The fourth-order valence-electron chi connectivity index (χ4n) is 2.32. The standard InChI is InChI=1S/C18H21ClN2O3S/c1-12(2)21-25(23,24)15-7-8-17(19)16(10-15)18(22)20-11-14-6-4-5-13(3)9-14/h4-10,12,21H,11H2,1-3H3,(H,20,22). The van der Waals surface area contributed by atoms with E-state index in [9.17, 15) is 13.2 Å². The van der Waals surface area contributed by atoms with Crippen LogP contribution >= 0.6 is 11.6 Å². The van der Waals surface area contributed by atoms with E-state index in [1.54, 1.807) is 13.8 Å². The molecule has 0 aromatic heterocycles. The lowest BCUT2D eigenvalue weighted by molar-refractivity contribution is 0.0951. The molecule has 0 saturated heterocycles. The SMILES string of the molecule is Cc1cccc(CNC(=O)c2cc(S(=O)(=O)NC(C)C)ccc2Cl)c1. The first kappa shape index (κ1) is 19.4. The summed E-state index contributed by atoms with van der Waals surface area (Å²) in [5, 5.41) is 2.96. The van der Waals surface area contributed by atoms with Gasteiger partial charge in [-0.15, -0.1) is 0 Å². The molecule has 0 aliphatic carbocycles. The number of nitrogens with one attached hydrogen (secondary N) is 2. The zero-order valence-corrected chi connectivity index (χ0v) is 15.9. The first-order valence-corrected chi connectivity index (χ1v) is 9.71. The largest absolute Gasteiger partial charge is 0.348 e. The van der Waals surface area contributed by atoms with Gasteiger partial charge in [0, 0.05) is 12.6 Å². The molecule has 25 heavy (non-hydrogen) atoms. The van der Waals surface area contributed by atoms with Crippen molar-refractivity contribution in [1.29, 1.82) is 0 Å². The third kappa shape index (κ3) is 5.29. The average Bonchev–Trinajstić information content (AvgIpc) is 2.51. The van der Waals surface area contributed by atoms with Gasteiger partial charge >= 0.3 is 0 Å². The molecule has 134 valence electrons. The van der Waals surface area contributed by atoms with Crippen molar-refractivity contribution in [1.82, 2.24) is 10.0 Å². The van der Waals surface area contributed by atoms with Crippen molar-refractivity contribution in [3.63, 3.8) is 0 Å². The van der Waals surface area contributed by atoms with Crippen LogP contribution < -0.4 is 10.0 Å². The Morgan fingerprint density at radius 2 is 1.88 bits per heavy atom. The van der Waals surface area contributed by atoms with E-state index >= 15 is 0 Å². The van der Waals surface area contributed by atoms with E-state index < -0.39 is 15.9 Å². The number of rotatable bonds is 6. The summed E-state index contributed by atoms with van der Waals surface area (Å²) in [4.78, 5) is 12.4. The van der Waals surface area contributed by atoms with Crippen LogP contribution in [0.1, 0.15) is 35.3 Å². The lowest BCUT2D eigenvalue weighted by Gasteiger charge is -2.12. The van der Waals surface area contributed by atoms with Crippen LogP contribution in [-0.4, -0.2) is 20.4 Å². The third-order valence-electron chi connectivity index (χ3n) is 3.42. The molecular formula is C18H21ClN2O3S. The van der Waals surface area contributed by atoms with E-state index in [2.05, 4.69) is 10.0 Å². The van der Waals surface area contributed by atoms with Crippen LogP contribution in [0.25, 0.3) is 0 Å². The molecule has 1 amide bonds. The molecule has 2 aromatic carbocycles. The Morgan fingerprint density at radius 1 is 1.16 bits per heavy atom. The van der Waals surface area contributed by atoms with E-state index in [4.69, 9.17) is 11.6 Å². The molecule has 2 N–H and O–H groups in total. The van der Waals surface area contributed by atoms with E-state index in [-0.39, 0.29) is 21.5 Å². The van der Waals surface area contributed by atoms with Gasteiger partial charge in [0.25, 0.3) is 5.91 Å². The maximum atomic E-state index is 12.4. The number of carbonyl (C=O) groups is 1. The molecule has 0 bridgehead atoms. The first-order chi connectivity index (χ1) is 11.7. The molecule has 7 heteroatoms. The molecule has 0 fully saturated rings. The monoisotopic (exact) mass is 380 g/mol. The van der Waals surface area contributed by atoms with E-state index in [0.29, 0.717) is 6.54 Å². The maximum absolute atomic E-state index is 12.4. The van der Waals surface area contributed by atoms with E-state index in [0.717, 1.165) is 11.1 Å². The smallest absolute Gasteiger partial charge is 0.253 e. The normalized spacial score (nSPS) is 11.6. The number of sulfonamides is 1. The molecule has 0 spiro atoms. The van der Waals surface area contributed by atoms with Crippen molar-refractivity contribution in [2.24, 2.45) is 0 Å². The Bertz CT molecular complexity index is 880. The number of aryl methyl sites for hydroxylation is 1. The zero-order valence-electron chi connectivity index (χ0n) is 14.3. The van der Waals surface area contributed by atoms with Crippen LogP contribution in [0, 0.1) is 6.92 Å².